The summed E-state index contributed by atoms with van der Waals surface area (Å²) in [4.78, 5) is 11.3. The van der Waals surface area contributed by atoms with Gasteiger partial charge in [0.15, 0.2) is 0 Å². The molecule has 18 heavy (non-hydrogen) atoms. The number of methoxy groups -OCH3 is 1. The Hall–Kier alpha value is -0.970. The van der Waals surface area contributed by atoms with Crippen LogP contribution < -0.4 is 10.1 Å². The molecular weight excluding hydrogens is 277 g/mol. The second-order valence-corrected chi connectivity index (χ2v) is 4.85. The molecule has 0 spiro atoms. The largest absolute Gasteiger partial charge is 0.489 e. The van der Waals surface area contributed by atoms with Gasteiger partial charge in [0.05, 0.1) is 17.2 Å². The zero-order valence-electron chi connectivity index (χ0n) is 9.78. The van der Waals surface area contributed by atoms with Crippen molar-refractivity contribution in [1.29, 1.82) is 0 Å². The topological polar surface area (TPSA) is 47.6 Å². The van der Waals surface area contributed by atoms with Crippen LogP contribution in [0.5, 0.6) is 5.75 Å². The molecule has 0 saturated carbocycles. The van der Waals surface area contributed by atoms with Gasteiger partial charge in [-0.05, 0) is 12.1 Å². The van der Waals surface area contributed by atoms with Crippen LogP contribution in [0.4, 0.5) is 0 Å². The van der Waals surface area contributed by atoms with Crippen LogP contribution in [0.3, 0.4) is 0 Å². The van der Waals surface area contributed by atoms with Crippen molar-refractivity contribution >= 4 is 29.2 Å². The normalized spacial score (nSPS) is 22.8. The van der Waals surface area contributed by atoms with Crippen molar-refractivity contribution in [3.05, 3.63) is 28.2 Å². The van der Waals surface area contributed by atoms with Crippen LogP contribution in [0.2, 0.25) is 10.0 Å². The second-order valence-electron chi connectivity index (χ2n) is 4.04. The van der Waals surface area contributed by atoms with Crippen LogP contribution in [-0.4, -0.2) is 31.8 Å². The molecule has 2 unspecified atom stereocenters. The van der Waals surface area contributed by atoms with Gasteiger partial charge >= 0.3 is 5.97 Å². The molecule has 1 heterocycles. The Morgan fingerprint density at radius 2 is 2.17 bits per heavy atom. The van der Waals surface area contributed by atoms with E-state index in [1.807, 2.05) is 0 Å². The number of hydrogen-bond donors (Lipinski definition) is 1. The van der Waals surface area contributed by atoms with Crippen molar-refractivity contribution in [3.63, 3.8) is 0 Å². The molecule has 1 fully saturated rings. The highest BCUT2D eigenvalue weighted by Crippen LogP contribution is 2.27. The minimum Gasteiger partial charge on any atom is -0.489 e. The Bertz CT molecular complexity index is 453. The van der Waals surface area contributed by atoms with Crippen molar-refractivity contribution in [2.75, 3.05) is 13.7 Å². The maximum Gasteiger partial charge on any atom is 0.323 e. The fourth-order valence-electron chi connectivity index (χ4n) is 1.86. The van der Waals surface area contributed by atoms with Gasteiger partial charge in [-0.1, -0.05) is 23.2 Å². The zero-order valence-corrected chi connectivity index (χ0v) is 11.3. The zero-order chi connectivity index (χ0) is 13.1. The lowest BCUT2D eigenvalue weighted by molar-refractivity contribution is -0.142. The van der Waals surface area contributed by atoms with Gasteiger partial charge in [-0.15, -0.1) is 0 Å². The number of benzene rings is 1. The number of ether oxygens (including phenoxy) is 2. The van der Waals surface area contributed by atoms with E-state index in [0.717, 1.165) is 0 Å². The minimum atomic E-state index is -0.303. The molecule has 1 aliphatic rings. The van der Waals surface area contributed by atoms with Crippen molar-refractivity contribution < 1.29 is 14.3 Å². The lowest BCUT2D eigenvalue weighted by Crippen LogP contribution is -2.31. The van der Waals surface area contributed by atoms with E-state index in [4.69, 9.17) is 27.9 Å². The van der Waals surface area contributed by atoms with Gasteiger partial charge in [-0.3, -0.25) is 4.79 Å². The van der Waals surface area contributed by atoms with Crippen molar-refractivity contribution in [1.82, 2.24) is 5.32 Å². The average molecular weight is 290 g/mol. The summed E-state index contributed by atoms with van der Waals surface area (Å²) < 4.78 is 10.4. The van der Waals surface area contributed by atoms with E-state index in [2.05, 4.69) is 10.1 Å². The lowest BCUT2D eigenvalue weighted by atomic mass is 10.2. The number of carbonyl (C=O) groups is 1. The average Bonchev–Trinajstić information content (AvgIpc) is 2.81. The van der Waals surface area contributed by atoms with Gasteiger partial charge in [0.2, 0.25) is 0 Å². The van der Waals surface area contributed by atoms with Crippen molar-refractivity contribution in [2.24, 2.45) is 0 Å². The maximum atomic E-state index is 11.3. The molecule has 1 aromatic carbocycles. The van der Waals surface area contributed by atoms with Crippen LogP contribution in [0, 0.1) is 0 Å². The summed E-state index contributed by atoms with van der Waals surface area (Å²) in [7, 11) is 1.37. The standard InChI is InChI=1S/C12H13Cl2NO3/c1-17-12(16)11-5-8(6-15-11)18-7-2-3-9(13)10(14)4-7/h2-4,8,11,15H,5-6H2,1H3. The lowest BCUT2D eigenvalue weighted by Gasteiger charge is -2.13. The molecule has 0 amide bonds. The predicted octanol–water partition coefficient (Wildman–Crippen LogP) is 2.28. The molecule has 1 aromatic rings. The van der Waals surface area contributed by atoms with E-state index in [1.54, 1.807) is 18.2 Å². The van der Waals surface area contributed by atoms with Crippen LogP contribution in [0.1, 0.15) is 6.42 Å². The molecule has 6 heteroatoms. The number of carbonyl (C=O) groups excluding carboxylic acids is 1. The highest BCUT2D eigenvalue weighted by atomic mass is 35.5. The number of nitrogens with one attached hydrogen (secondary N) is 1. The number of hydrogen-bond acceptors (Lipinski definition) is 4. The smallest absolute Gasteiger partial charge is 0.323 e. The summed E-state index contributed by atoms with van der Waals surface area (Å²) in [5, 5.41) is 3.98. The molecule has 1 N–H and O–H groups in total. The number of esters is 1. The van der Waals surface area contributed by atoms with Crippen LogP contribution >= 0.6 is 23.2 Å². The fraction of sp³-hybridized carbons (Fsp3) is 0.417. The highest BCUT2D eigenvalue weighted by molar-refractivity contribution is 6.42. The summed E-state index contributed by atoms with van der Waals surface area (Å²) >= 11 is 11.7. The van der Waals surface area contributed by atoms with Crippen molar-refractivity contribution in [3.8, 4) is 5.75 Å². The van der Waals surface area contributed by atoms with Gasteiger partial charge < -0.3 is 14.8 Å². The Kier molecular flexibility index (Phi) is 4.32. The first kappa shape index (κ1) is 13.5. The number of rotatable bonds is 3. The first-order chi connectivity index (χ1) is 8.60. The molecule has 1 aliphatic heterocycles. The summed E-state index contributed by atoms with van der Waals surface area (Å²) in [6, 6.07) is 4.79. The minimum absolute atomic E-state index is 0.0775. The molecule has 98 valence electrons. The Morgan fingerprint density at radius 1 is 1.39 bits per heavy atom. The van der Waals surface area contributed by atoms with E-state index in [0.29, 0.717) is 28.8 Å². The molecule has 2 atom stereocenters. The second kappa shape index (κ2) is 5.78. The van der Waals surface area contributed by atoms with E-state index in [1.165, 1.54) is 7.11 Å². The summed E-state index contributed by atoms with van der Waals surface area (Å²) in [6.45, 7) is 0.597. The molecular formula is C12H13Cl2NO3. The third-order valence-corrected chi connectivity index (χ3v) is 3.51. The summed E-state index contributed by atoms with van der Waals surface area (Å²) in [5.74, 6) is 0.372. The van der Waals surface area contributed by atoms with Crippen molar-refractivity contribution in [2.45, 2.75) is 18.6 Å². The van der Waals surface area contributed by atoms with Crippen LogP contribution in [0.25, 0.3) is 0 Å². The van der Waals surface area contributed by atoms with Gasteiger partial charge in [0.1, 0.15) is 17.9 Å². The van der Waals surface area contributed by atoms with E-state index in [-0.39, 0.29) is 18.1 Å². The van der Waals surface area contributed by atoms with E-state index in [9.17, 15) is 4.79 Å². The molecule has 0 aromatic heterocycles. The molecule has 2 rings (SSSR count). The molecule has 0 bridgehead atoms. The third-order valence-electron chi connectivity index (χ3n) is 2.77. The fourth-order valence-corrected chi connectivity index (χ4v) is 2.15. The Labute approximate surface area is 115 Å². The summed E-state index contributed by atoms with van der Waals surface area (Å²) in [5.41, 5.74) is 0. The van der Waals surface area contributed by atoms with Gasteiger partial charge in [0, 0.05) is 19.0 Å². The molecule has 0 radical (unpaired) electrons. The van der Waals surface area contributed by atoms with Gasteiger partial charge in [0.25, 0.3) is 0 Å². The van der Waals surface area contributed by atoms with E-state index < -0.39 is 0 Å². The Balaban J connectivity index is 1.95. The quantitative estimate of drug-likeness (QED) is 0.868. The molecule has 0 aliphatic carbocycles. The monoisotopic (exact) mass is 289 g/mol. The first-order valence-electron chi connectivity index (χ1n) is 5.53. The van der Waals surface area contributed by atoms with Crippen LogP contribution in [-0.2, 0) is 9.53 Å². The highest BCUT2D eigenvalue weighted by Gasteiger charge is 2.31. The number of halogens is 2. The van der Waals surface area contributed by atoms with E-state index >= 15 is 0 Å². The summed E-state index contributed by atoms with van der Waals surface area (Å²) in [6.07, 6.45) is 0.499. The first-order valence-corrected chi connectivity index (χ1v) is 6.28. The SMILES string of the molecule is COC(=O)C1CC(Oc2ccc(Cl)c(Cl)c2)CN1. The van der Waals surface area contributed by atoms with Gasteiger partial charge in [-0.25, -0.2) is 0 Å². The molecule has 4 nitrogen and oxygen atoms in total. The van der Waals surface area contributed by atoms with Gasteiger partial charge in [-0.2, -0.15) is 0 Å². The van der Waals surface area contributed by atoms with Crippen LogP contribution in [0.15, 0.2) is 18.2 Å². The predicted molar refractivity (Wildman–Crippen MR) is 69.3 cm³/mol. The Morgan fingerprint density at radius 3 is 2.83 bits per heavy atom. The maximum absolute atomic E-state index is 11.3. The molecule has 1 saturated heterocycles. The third kappa shape index (κ3) is 3.07.